The normalized spacial score (nSPS) is 23.3. The van der Waals surface area contributed by atoms with Crippen LogP contribution in [0.15, 0.2) is 35.3 Å². The molecule has 17 heavy (non-hydrogen) atoms. The van der Waals surface area contributed by atoms with Gasteiger partial charge >= 0.3 is 5.97 Å². The Hall–Kier alpha value is -1.68. The van der Waals surface area contributed by atoms with Gasteiger partial charge in [0.05, 0.1) is 19.2 Å². The van der Waals surface area contributed by atoms with Crippen LogP contribution in [0.2, 0.25) is 0 Å². The molecule has 0 bridgehead atoms. The molecule has 1 aliphatic rings. The highest BCUT2D eigenvalue weighted by Crippen LogP contribution is 2.20. The fourth-order valence-corrected chi connectivity index (χ4v) is 1.86. The van der Waals surface area contributed by atoms with Gasteiger partial charge in [-0.15, -0.1) is 0 Å². The number of ether oxygens (including phenoxy) is 2. The monoisotopic (exact) mass is 233 g/mol. The first-order chi connectivity index (χ1) is 8.20. The zero-order valence-corrected chi connectivity index (χ0v) is 9.92. The Bertz CT molecular complexity index is 428. The van der Waals surface area contributed by atoms with Gasteiger partial charge in [0.15, 0.2) is 0 Å². The van der Waals surface area contributed by atoms with Gasteiger partial charge in [-0.05, 0) is 12.5 Å². The number of carbonyl (C=O) groups excluding carboxylic acids is 1. The predicted molar refractivity (Wildman–Crippen MR) is 63.9 cm³/mol. The van der Waals surface area contributed by atoms with Gasteiger partial charge in [0.1, 0.15) is 12.3 Å². The molecule has 2 atom stereocenters. The van der Waals surface area contributed by atoms with Crippen LogP contribution in [0.1, 0.15) is 18.9 Å². The molecule has 0 radical (unpaired) electrons. The predicted octanol–water partition coefficient (Wildman–Crippen LogP) is 1.78. The third-order valence-corrected chi connectivity index (χ3v) is 2.64. The van der Waals surface area contributed by atoms with Crippen LogP contribution in [0.3, 0.4) is 0 Å². The Morgan fingerprint density at radius 3 is 2.76 bits per heavy atom. The lowest BCUT2D eigenvalue weighted by atomic mass is 10.0. The summed E-state index contributed by atoms with van der Waals surface area (Å²) in [4.78, 5) is 15.7. The number of methoxy groups -OCH3 is 1. The number of carbonyl (C=O) groups is 1. The van der Waals surface area contributed by atoms with Crippen molar-refractivity contribution >= 4 is 11.7 Å². The molecule has 0 fully saturated rings. The summed E-state index contributed by atoms with van der Waals surface area (Å²) in [5.41, 5.74) is 1.81. The second-order valence-corrected chi connectivity index (χ2v) is 3.88. The fourth-order valence-electron chi connectivity index (χ4n) is 1.86. The Morgan fingerprint density at radius 2 is 2.12 bits per heavy atom. The van der Waals surface area contributed by atoms with E-state index >= 15 is 0 Å². The average molecular weight is 233 g/mol. The van der Waals surface area contributed by atoms with E-state index in [4.69, 9.17) is 4.74 Å². The molecule has 0 spiro atoms. The van der Waals surface area contributed by atoms with E-state index in [1.165, 1.54) is 7.11 Å². The maximum atomic E-state index is 11.3. The van der Waals surface area contributed by atoms with Crippen molar-refractivity contribution in [3.05, 3.63) is 35.9 Å². The molecule has 90 valence electrons. The van der Waals surface area contributed by atoms with Crippen LogP contribution in [0.5, 0.6) is 0 Å². The zero-order valence-electron chi connectivity index (χ0n) is 9.92. The van der Waals surface area contributed by atoms with Gasteiger partial charge in [0.2, 0.25) is 0 Å². The summed E-state index contributed by atoms with van der Waals surface area (Å²) in [6.45, 7) is 1.86. The molecule has 0 aliphatic carbocycles. The van der Waals surface area contributed by atoms with Crippen LogP contribution in [-0.2, 0) is 14.3 Å². The number of nitrogens with zero attached hydrogens (tertiary/aromatic N) is 1. The summed E-state index contributed by atoms with van der Waals surface area (Å²) >= 11 is 0. The minimum atomic E-state index is -0.306. The molecule has 0 N–H and O–H groups in total. The Balaban J connectivity index is 2.19. The maximum Gasteiger partial charge on any atom is 0.308 e. The molecule has 1 heterocycles. The highest BCUT2D eigenvalue weighted by molar-refractivity contribution is 6.06. The largest absolute Gasteiger partial charge is 0.469 e. The lowest BCUT2D eigenvalue weighted by molar-refractivity contribution is -0.142. The van der Waals surface area contributed by atoms with Crippen LogP contribution in [0, 0.1) is 0 Å². The lowest BCUT2D eigenvalue weighted by Crippen LogP contribution is -2.24. The van der Waals surface area contributed by atoms with Crippen molar-refractivity contribution in [3.8, 4) is 0 Å². The molecule has 4 heteroatoms. The van der Waals surface area contributed by atoms with Crippen molar-refractivity contribution in [2.75, 3.05) is 7.11 Å². The van der Waals surface area contributed by atoms with Crippen LogP contribution in [-0.4, -0.2) is 31.1 Å². The van der Waals surface area contributed by atoms with Gasteiger partial charge in [-0.1, -0.05) is 30.3 Å². The van der Waals surface area contributed by atoms with E-state index in [0.717, 1.165) is 11.3 Å². The molecule has 0 unspecified atom stereocenters. The lowest BCUT2D eigenvalue weighted by Gasteiger charge is -2.12. The topological polar surface area (TPSA) is 47.9 Å². The van der Waals surface area contributed by atoms with E-state index in [1.54, 1.807) is 0 Å². The molecule has 0 saturated carbocycles. The van der Waals surface area contributed by atoms with Gasteiger partial charge in [0, 0.05) is 0 Å². The van der Waals surface area contributed by atoms with Crippen molar-refractivity contribution < 1.29 is 14.3 Å². The second-order valence-electron chi connectivity index (χ2n) is 3.88. The summed E-state index contributed by atoms with van der Waals surface area (Å²) in [7, 11) is 1.38. The number of aliphatic imine (C=N–C) groups is 1. The summed E-state index contributed by atoms with van der Waals surface area (Å²) in [6, 6.07) is 9.75. The average Bonchev–Trinajstić information content (AvgIpc) is 2.71. The first-order valence-corrected chi connectivity index (χ1v) is 5.56. The molecule has 0 aromatic heterocycles. The third kappa shape index (κ3) is 2.71. The van der Waals surface area contributed by atoms with Crippen LogP contribution >= 0.6 is 0 Å². The first kappa shape index (κ1) is 11.8. The Kier molecular flexibility index (Phi) is 3.54. The van der Waals surface area contributed by atoms with E-state index in [9.17, 15) is 4.79 Å². The van der Waals surface area contributed by atoms with Crippen molar-refractivity contribution in [1.29, 1.82) is 0 Å². The Labute approximate surface area is 100 Å². The van der Waals surface area contributed by atoms with Crippen molar-refractivity contribution in [2.45, 2.75) is 25.7 Å². The number of hydrogen-bond donors (Lipinski definition) is 0. The SMILES string of the molecule is COC(=O)C[C@@H]1O[C@H](C)N=C1c1ccccc1. The van der Waals surface area contributed by atoms with Crippen molar-refractivity contribution in [2.24, 2.45) is 4.99 Å². The van der Waals surface area contributed by atoms with E-state index < -0.39 is 0 Å². The van der Waals surface area contributed by atoms with Gasteiger partial charge in [0.25, 0.3) is 0 Å². The van der Waals surface area contributed by atoms with E-state index in [2.05, 4.69) is 9.73 Å². The highest BCUT2D eigenvalue weighted by Gasteiger charge is 2.29. The van der Waals surface area contributed by atoms with Crippen molar-refractivity contribution in [3.63, 3.8) is 0 Å². The van der Waals surface area contributed by atoms with Crippen LogP contribution in [0.4, 0.5) is 0 Å². The number of rotatable bonds is 3. The molecule has 1 aliphatic heterocycles. The van der Waals surface area contributed by atoms with Crippen LogP contribution < -0.4 is 0 Å². The van der Waals surface area contributed by atoms with Crippen LogP contribution in [0.25, 0.3) is 0 Å². The van der Waals surface area contributed by atoms with Gasteiger partial charge in [-0.25, -0.2) is 0 Å². The molecule has 4 nitrogen and oxygen atoms in total. The quantitative estimate of drug-likeness (QED) is 0.748. The van der Waals surface area contributed by atoms with E-state index in [0.29, 0.717) is 0 Å². The second kappa shape index (κ2) is 5.10. The molecule has 0 amide bonds. The smallest absolute Gasteiger partial charge is 0.308 e. The Morgan fingerprint density at radius 1 is 1.41 bits per heavy atom. The molecule has 2 rings (SSSR count). The first-order valence-electron chi connectivity index (χ1n) is 5.56. The third-order valence-electron chi connectivity index (χ3n) is 2.64. The summed E-state index contributed by atoms with van der Waals surface area (Å²) in [6.07, 6.45) is -0.311. The molecular formula is C13H15NO3. The molecular weight excluding hydrogens is 218 g/mol. The van der Waals surface area contributed by atoms with Gasteiger partial charge in [-0.3, -0.25) is 9.79 Å². The maximum absolute atomic E-state index is 11.3. The zero-order chi connectivity index (χ0) is 12.3. The molecule has 1 aromatic carbocycles. The minimum Gasteiger partial charge on any atom is -0.469 e. The summed E-state index contributed by atoms with van der Waals surface area (Å²) < 4.78 is 10.3. The molecule has 1 aromatic rings. The minimum absolute atomic E-state index is 0.203. The highest BCUT2D eigenvalue weighted by atomic mass is 16.5. The van der Waals surface area contributed by atoms with E-state index in [1.807, 2.05) is 37.3 Å². The number of benzene rings is 1. The summed E-state index contributed by atoms with van der Waals surface area (Å²) in [5.74, 6) is -0.285. The standard InChI is InChI=1S/C13H15NO3/c1-9-14-13(10-6-4-3-5-7-10)11(17-9)8-12(15)16-2/h3-7,9,11H,8H2,1-2H3/t9-,11+/m1/s1. The van der Waals surface area contributed by atoms with Gasteiger partial charge < -0.3 is 9.47 Å². The fraction of sp³-hybridized carbons (Fsp3) is 0.385. The molecule has 0 saturated heterocycles. The van der Waals surface area contributed by atoms with E-state index in [-0.39, 0.29) is 24.7 Å². The summed E-state index contributed by atoms with van der Waals surface area (Å²) in [5, 5.41) is 0. The number of hydrogen-bond acceptors (Lipinski definition) is 4. The van der Waals surface area contributed by atoms with Gasteiger partial charge in [-0.2, -0.15) is 0 Å². The number of esters is 1. The van der Waals surface area contributed by atoms with Crippen molar-refractivity contribution in [1.82, 2.24) is 0 Å².